The lowest BCUT2D eigenvalue weighted by Crippen LogP contribution is -2.49. The van der Waals surface area contributed by atoms with Gasteiger partial charge < -0.3 is 15.3 Å². The molecule has 5 nitrogen and oxygen atoms in total. The Labute approximate surface area is 101 Å². The number of nitrogens with one attached hydrogen (secondary N) is 1. The minimum absolute atomic E-state index is 0.0392. The van der Waals surface area contributed by atoms with Crippen LogP contribution in [-0.4, -0.2) is 40.6 Å². The van der Waals surface area contributed by atoms with E-state index in [0.717, 1.165) is 19.3 Å². The fourth-order valence-corrected chi connectivity index (χ4v) is 3.16. The molecule has 17 heavy (non-hydrogen) atoms. The van der Waals surface area contributed by atoms with Crippen molar-refractivity contribution in [2.45, 2.75) is 45.2 Å². The SMILES string of the molecule is CC(C)NC(=O)N1CC2CCCC2C1C(=O)O. The largest absolute Gasteiger partial charge is 0.480 e. The van der Waals surface area contributed by atoms with Gasteiger partial charge in [-0.15, -0.1) is 0 Å². The number of nitrogens with zero attached hydrogens (tertiary/aromatic N) is 1. The zero-order valence-electron chi connectivity index (χ0n) is 10.3. The van der Waals surface area contributed by atoms with E-state index in [1.54, 1.807) is 0 Å². The number of carboxylic acid groups (broad SMARTS) is 1. The van der Waals surface area contributed by atoms with Crippen LogP contribution < -0.4 is 5.32 Å². The number of amides is 2. The second-order valence-electron chi connectivity index (χ2n) is 5.39. The van der Waals surface area contributed by atoms with E-state index in [9.17, 15) is 14.7 Å². The number of urea groups is 1. The third-order valence-electron chi connectivity index (χ3n) is 3.82. The molecule has 3 unspecified atom stereocenters. The summed E-state index contributed by atoms with van der Waals surface area (Å²) in [5.74, 6) is -0.322. The summed E-state index contributed by atoms with van der Waals surface area (Å²) in [5.41, 5.74) is 0. The molecule has 0 spiro atoms. The average Bonchev–Trinajstić information content (AvgIpc) is 2.72. The molecule has 2 fully saturated rings. The maximum Gasteiger partial charge on any atom is 0.326 e. The highest BCUT2D eigenvalue weighted by Gasteiger charge is 2.49. The summed E-state index contributed by atoms with van der Waals surface area (Å²) in [4.78, 5) is 24.8. The Bertz CT molecular complexity index is 330. The molecule has 96 valence electrons. The van der Waals surface area contributed by atoms with Gasteiger partial charge in [0.25, 0.3) is 0 Å². The van der Waals surface area contributed by atoms with Crippen LogP contribution in [0.25, 0.3) is 0 Å². The van der Waals surface area contributed by atoms with Gasteiger partial charge in [-0.1, -0.05) is 6.42 Å². The van der Waals surface area contributed by atoms with Crippen LogP contribution in [-0.2, 0) is 4.79 Å². The van der Waals surface area contributed by atoms with Crippen molar-refractivity contribution >= 4 is 12.0 Å². The molecule has 0 bridgehead atoms. The summed E-state index contributed by atoms with van der Waals surface area (Å²) in [6, 6.07) is -0.819. The summed E-state index contributed by atoms with van der Waals surface area (Å²) in [6.07, 6.45) is 3.09. The van der Waals surface area contributed by atoms with E-state index in [1.165, 1.54) is 4.90 Å². The van der Waals surface area contributed by atoms with Crippen LogP contribution in [0.1, 0.15) is 33.1 Å². The van der Waals surface area contributed by atoms with Crippen molar-refractivity contribution in [3.63, 3.8) is 0 Å². The number of carbonyl (C=O) groups is 2. The molecule has 2 aliphatic rings. The van der Waals surface area contributed by atoms with Crippen molar-refractivity contribution in [2.24, 2.45) is 11.8 Å². The second kappa shape index (κ2) is 4.55. The molecule has 1 aliphatic carbocycles. The van der Waals surface area contributed by atoms with Crippen LogP contribution in [0.15, 0.2) is 0 Å². The Hall–Kier alpha value is -1.26. The Kier molecular flexibility index (Phi) is 3.26. The number of fused-ring (bicyclic) bond motifs is 1. The van der Waals surface area contributed by atoms with Gasteiger partial charge >= 0.3 is 12.0 Å². The van der Waals surface area contributed by atoms with Crippen LogP contribution in [0.3, 0.4) is 0 Å². The molecule has 1 saturated carbocycles. The number of hydrogen-bond acceptors (Lipinski definition) is 2. The average molecular weight is 240 g/mol. The van der Waals surface area contributed by atoms with Crippen LogP contribution >= 0.6 is 0 Å². The van der Waals surface area contributed by atoms with E-state index >= 15 is 0 Å². The topological polar surface area (TPSA) is 69.6 Å². The minimum atomic E-state index is -0.863. The molecule has 1 heterocycles. The number of aliphatic carboxylic acids is 1. The number of carbonyl (C=O) groups excluding carboxylic acids is 1. The fraction of sp³-hybridized carbons (Fsp3) is 0.833. The lowest BCUT2D eigenvalue weighted by Gasteiger charge is -2.25. The molecule has 0 aromatic carbocycles. The van der Waals surface area contributed by atoms with Crippen molar-refractivity contribution in [2.75, 3.05) is 6.54 Å². The fourth-order valence-electron chi connectivity index (χ4n) is 3.16. The van der Waals surface area contributed by atoms with Gasteiger partial charge in [0.15, 0.2) is 0 Å². The van der Waals surface area contributed by atoms with E-state index in [1.807, 2.05) is 13.8 Å². The Morgan fingerprint density at radius 3 is 2.65 bits per heavy atom. The standard InChI is InChI=1S/C12H20N2O3/c1-7(2)13-12(17)14-6-8-4-3-5-9(8)10(14)11(15)16/h7-10H,3-6H2,1-2H3,(H,13,17)(H,15,16). The Morgan fingerprint density at radius 1 is 1.35 bits per heavy atom. The highest BCUT2D eigenvalue weighted by molar-refractivity contribution is 5.84. The quantitative estimate of drug-likeness (QED) is 0.764. The lowest BCUT2D eigenvalue weighted by atomic mass is 9.94. The number of rotatable bonds is 2. The Morgan fingerprint density at radius 2 is 2.06 bits per heavy atom. The van der Waals surface area contributed by atoms with E-state index in [4.69, 9.17) is 0 Å². The molecule has 2 N–H and O–H groups in total. The third kappa shape index (κ3) is 2.23. The molecule has 2 amide bonds. The number of hydrogen-bond donors (Lipinski definition) is 2. The van der Waals surface area contributed by atoms with Gasteiger partial charge in [-0.3, -0.25) is 0 Å². The van der Waals surface area contributed by atoms with Gasteiger partial charge in [-0.05, 0) is 38.5 Å². The molecular formula is C12H20N2O3. The maximum atomic E-state index is 12.0. The molecular weight excluding hydrogens is 220 g/mol. The van der Waals surface area contributed by atoms with Crippen molar-refractivity contribution in [3.8, 4) is 0 Å². The molecule has 0 aromatic rings. The van der Waals surface area contributed by atoms with E-state index < -0.39 is 12.0 Å². The van der Waals surface area contributed by atoms with Crippen LogP contribution in [0.5, 0.6) is 0 Å². The number of carboxylic acids is 1. The molecule has 0 aromatic heterocycles. The van der Waals surface area contributed by atoms with Crippen molar-refractivity contribution < 1.29 is 14.7 Å². The van der Waals surface area contributed by atoms with Gasteiger partial charge in [0.05, 0.1) is 0 Å². The highest BCUT2D eigenvalue weighted by atomic mass is 16.4. The summed E-state index contributed by atoms with van der Waals surface area (Å²) in [6.45, 7) is 4.36. The minimum Gasteiger partial charge on any atom is -0.480 e. The maximum absolute atomic E-state index is 12.0. The van der Waals surface area contributed by atoms with Crippen LogP contribution in [0.4, 0.5) is 4.79 Å². The summed E-state index contributed by atoms with van der Waals surface area (Å²) in [5, 5.41) is 12.1. The van der Waals surface area contributed by atoms with Gasteiger partial charge in [0, 0.05) is 12.6 Å². The molecule has 1 aliphatic heterocycles. The monoisotopic (exact) mass is 240 g/mol. The normalized spacial score (nSPS) is 31.7. The summed E-state index contributed by atoms with van der Waals surface area (Å²) in [7, 11) is 0. The predicted octanol–water partition coefficient (Wildman–Crippen LogP) is 1.29. The van der Waals surface area contributed by atoms with Gasteiger partial charge in [-0.2, -0.15) is 0 Å². The smallest absolute Gasteiger partial charge is 0.326 e. The third-order valence-corrected chi connectivity index (χ3v) is 3.82. The summed E-state index contributed by atoms with van der Waals surface area (Å²) >= 11 is 0. The number of likely N-dealkylation sites (tertiary alicyclic amines) is 1. The zero-order valence-corrected chi connectivity index (χ0v) is 10.3. The first-order valence-electron chi connectivity index (χ1n) is 6.30. The van der Waals surface area contributed by atoms with Crippen molar-refractivity contribution in [1.82, 2.24) is 10.2 Å². The molecule has 1 saturated heterocycles. The summed E-state index contributed by atoms with van der Waals surface area (Å²) < 4.78 is 0. The van der Waals surface area contributed by atoms with Crippen molar-refractivity contribution in [1.29, 1.82) is 0 Å². The first-order valence-corrected chi connectivity index (χ1v) is 6.30. The van der Waals surface area contributed by atoms with E-state index in [0.29, 0.717) is 12.5 Å². The molecule has 3 atom stereocenters. The van der Waals surface area contributed by atoms with Gasteiger partial charge in [0.1, 0.15) is 6.04 Å². The van der Waals surface area contributed by atoms with E-state index in [2.05, 4.69) is 5.32 Å². The van der Waals surface area contributed by atoms with Crippen molar-refractivity contribution in [3.05, 3.63) is 0 Å². The first kappa shape index (κ1) is 12.2. The Balaban J connectivity index is 2.11. The zero-order chi connectivity index (χ0) is 12.6. The molecule has 2 rings (SSSR count). The second-order valence-corrected chi connectivity index (χ2v) is 5.39. The lowest BCUT2D eigenvalue weighted by molar-refractivity contribution is -0.142. The highest BCUT2D eigenvalue weighted by Crippen LogP contribution is 2.42. The molecule has 5 heteroatoms. The first-order chi connectivity index (χ1) is 8.00. The predicted molar refractivity (Wildman–Crippen MR) is 62.6 cm³/mol. The molecule has 0 radical (unpaired) electrons. The van der Waals surface area contributed by atoms with E-state index in [-0.39, 0.29) is 18.0 Å². The van der Waals surface area contributed by atoms with Crippen LogP contribution in [0.2, 0.25) is 0 Å². The van der Waals surface area contributed by atoms with Gasteiger partial charge in [0.2, 0.25) is 0 Å². The van der Waals surface area contributed by atoms with Crippen LogP contribution in [0, 0.1) is 11.8 Å². The van der Waals surface area contributed by atoms with Gasteiger partial charge in [-0.25, -0.2) is 9.59 Å².